The quantitative estimate of drug-likeness (QED) is 0.412. The summed E-state index contributed by atoms with van der Waals surface area (Å²) in [6, 6.07) is 19.4. The van der Waals surface area contributed by atoms with Crippen LogP contribution < -0.4 is 4.74 Å². The van der Waals surface area contributed by atoms with Gasteiger partial charge < -0.3 is 20.1 Å². The largest absolute Gasteiger partial charge is 0.508 e. The number of ether oxygens (including phenoxy) is 1. The summed E-state index contributed by atoms with van der Waals surface area (Å²) in [6.45, 7) is 10.8. The molecule has 0 aliphatic heterocycles. The molecule has 0 spiro atoms. The first-order chi connectivity index (χ1) is 14.9. The first-order valence-corrected chi connectivity index (χ1v) is 9.71. The molecular weight excluding hydrogens is 388 g/mol. The molecule has 0 bridgehead atoms. The van der Waals surface area contributed by atoms with E-state index in [1.165, 1.54) is 7.11 Å². The van der Waals surface area contributed by atoms with Gasteiger partial charge in [0.1, 0.15) is 11.5 Å². The summed E-state index contributed by atoms with van der Waals surface area (Å²) < 4.78 is 4.95. The van der Waals surface area contributed by atoms with Crippen LogP contribution in [-0.2, 0) is 12.8 Å². The topological polar surface area (TPSA) is 69.9 Å². The fraction of sp³-hybridized carbons (Fsp3) is 0.111. The van der Waals surface area contributed by atoms with Gasteiger partial charge in [-0.05, 0) is 59.9 Å². The van der Waals surface area contributed by atoms with E-state index in [4.69, 9.17) is 9.84 Å². The summed E-state index contributed by atoms with van der Waals surface area (Å²) in [5, 5.41) is 27.3. The van der Waals surface area contributed by atoms with E-state index in [9.17, 15) is 10.2 Å². The van der Waals surface area contributed by atoms with Crippen LogP contribution in [0.3, 0.4) is 0 Å². The number of benzene rings is 3. The smallest absolute Gasteiger partial charge is 0.160 e. The number of hydrogen-bond acceptors (Lipinski definition) is 4. The number of phenolic OH excluding ortho intramolecular Hbond substituents is 3. The van der Waals surface area contributed by atoms with Crippen LogP contribution in [0.25, 0.3) is 6.08 Å². The third-order valence-corrected chi connectivity index (χ3v) is 4.11. The molecule has 0 amide bonds. The molecule has 0 aliphatic rings. The number of rotatable bonds is 6. The third kappa shape index (κ3) is 9.41. The molecule has 0 atom stereocenters. The minimum atomic E-state index is 0.172. The standard InChI is InChI=1S/C10H12O2.C9H10O.C8H8O/c1-3-4-8-5-6-9(11)10(7-8)12-2;1-2-5-8-6-3-4-7-9(8)10;1-2-7-3-5-8(9)6-4-7/h3,5-7,11H,1,4H2,2H3;2-4,6-7,10H,1,5H2;2-6,9H,1H2. The van der Waals surface area contributed by atoms with Crippen molar-refractivity contribution >= 4 is 6.08 Å². The van der Waals surface area contributed by atoms with Crippen LogP contribution in [0.5, 0.6) is 23.0 Å². The van der Waals surface area contributed by atoms with Gasteiger partial charge in [0.25, 0.3) is 0 Å². The van der Waals surface area contributed by atoms with E-state index in [0.717, 1.165) is 29.5 Å². The Morgan fingerprint density at radius 3 is 1.97 bits per heavy atom. The highest BCUT2D eigenvalue weighted by molar-refractivity contribution is 5.47. The molecule has 162 valence electrons. The van der Waals surface area contributed by atoms with E-state index in [1.807, 2.05) is 42.5 Å². The molecule has 0 aliphatic carbocycles. The van der Waals surface area contributed by atoms with Crippen molar-refractivity contribution in [3.63, 3.8) is 0 Å². The predicted molar refractivity (Wildman–Crippen MR) is 129 cm³/mol. The second-order valence-corrected chi connectivity index (χ2v) is 6.42. The van der Waals surface area contributed by atoms with Crippen molar-refractivity contribution in [2.75, 3.05) is 7.11 Å². The summed E-state index contributed by atoms with van der Waals surface area (Å²) in [5.74, 6) is 1.32. The van der Waals surface area contributed by atoms with Crippen LogP contribution in [0.1, 0.15) is 16.7 Å². The Hall–Kier alpha value is -3.92. The Balaban J connectivity index is 0.000000235. The highest BCUT2D eigenvalue weighted by atomic mass is 16.5. The van der Waals surface area contributed by atoms with Gasteiger partial charge in [0.15, 0.2) is 11.5 Å². The van der Waals surface area contributed by atoms with Crippen LogP contribution in [0.15, 0.2) is 98.6 Å². The minimum absolute atomic E-state index is 0.172. The summed E-state index contributed by atoms with van der Waals surface area (Å²) in [4.78, 5) is 0. The molecule has 4 heteroatoms. The molecule has 0 saturated carbocycles. The van der Waals surface area contributed by atoms with Gasteiger partial charge in [0.05, 0.1) is 7.11 Å². The average Bonchev–Trinajstić information content (AvgIpc) is 2.78. The SMILES string of the molecule is C=CCc1ccc(O)c(OC)c1.C=CCc1ccccc1O.C=Cc1ccc(O)cc1. The van der Waals surface area contributed by atoms with Crippen LogP contribution in [0.2, 0.25) is 0 Å². The van der Waals surface area contributed by atoms with Crippen molar-refractivity contribution in [3.8, 4) is 23.0 Å². The van der Waals surface area contributed by atoms with Gasteiger partial charge in [0, 0.05) is 0 Å². The first kappa shape index (κ1) is 25.1. The normalized spacial score (nSPS) is 9.19. The molecule has 0 unspecified atom stereocenters. The van der Waals surface area contributed by atoms with Gasteiger partial charge >= 0.3 is 0 Å². The zero-order valence-corrected chi connectivity index (χ0v) is 17.9. The molecule has 3 N–H and O–H groups in total. The lowest BCUT2D eigenvalue weighted by Crippen LogP contribution is -1.86. The maximum Gasteiger partial charge on any atom is 0.160 e. The van der Waals surface area contributed by atoms with E-state index in [1.54, 1.807) is 42.5 Å². The van der Waals surface area contributed by atoms with Crippen molar-refractivity contribution in [1.82, 2.24) is 0 Å². The Kier molecular flexibility index (Phi) is 11.4. The van der Waals surface area contributed by atoms with Crippen LogP contribution in [0.4, 0.5) is 0 Å². The van der Waals surface area contributed by atoms with Gasteiger partial charge in [-0.1, -0.05) is 61.2 Å². The Morgan fingerprint density at radius 2 is 1.42 bits per heavy atom. The molecule has 31 heavy (non-hydrogen) atoms. The lowest BCUT2D eigenvalue weighted by atomic mass is 10.1. The van der Waals surface area contributed by atoms with E-state index < -0.39 is 0 Å². The molecule has 0 fully saturated rings. The fourth-order valence-electron chi connectivity index (χ4n) is 2.47. The van der Waals surface area contributed by atoms with Gasteiger partial charge in [0.2, 0.25) is 0 Å². The lowest BCUT2D eigenvalue weighted by molar-refractivity contribution is 0.373. The van der Waals surface area contributed by atoms with E-state index in [-0.39, 0.29) is 5.75 Å². The van der Waals surface area contributed by atoms with Gasteiger partial charge in [-0.25, -0.2) is 0 Å². The Bertz CT molecular complexity index is 959. The molecule has 3 aromatic rings. The summed E-state index contributed by atoms with van der Waals surface area (Å²) in [5.41, 5.74) is 3.03. The summed E-state index contributed by atoms with van der Waals surface area (Å²) in [7, 11) is 1.53. The first-order valence-electron chi connectivity index (χ1n) is 9.71. The molecule has 0 saturated heterocycles. The van der Waals surface area contributed by atoms with Crippen molar-refractivity contribution in [2.45, 2.75) is 12.8 Å². The number of hydrogen-bond donors (Lipinski definition) is 3. The van der Waals surface area contributed by atoms with Gasteiger partial charge in [-0.15, -0.1) is 13.2 Å². The monoisotopic (exact) mass is 418 g/mol. The van der Waals surface area contributed by atoms with Crippen LogP contribution in [0, 0.1) is 0 Å². The summed E-state index contributed by atoms with van der Waals surface area (Å²) >= 11 is 0. The average molecular weight is 419 g/mol. The van der Waals surface area contributed by atoms with E-state index in [0.29, 0.717) is 17.2 Å². The number of phenols is 3. The number of para-hydroxylation sites is 1. The predicted octanol–water partition coefficient (Wildman–Crippen LogP) is 6.29. The van der Waals surface area contributed by atoms with Crippen molar-refractivity contribution < 1.29 is 20.1 Å². The molecule has 3 rings (SSSR count). The summed E-state index contributed by atoms with van der Waals surface area (Å²) in [6.07, 6.45) is 6.84. The van der Waals surface area contributed by atoms with Crippen LogP contribution >= 0.6 is 0 Å². The maximum absolute atomic E-state index is 9.25. The van der Waals surface area contributed by atoms with Gasteiger partial charge in [-0.3, -0.25) is 0 Å². The van der Waals surface area contributed by atoms with Crippen LogP contribution in [-0.4, -0.2) is 22.4 Å². The fourth-order valence-corrected chi connectivity index (χ4v) is 2.47. The van der Waals surface area contributed by atoms with Gasteiger partial charge in [-0.2, -0.15) is 0 Å². The third-order valence-electron chi connectivity index (χ3n) is 4.11. The highest BCUT2D eigenvalue weighted by Crippen LogP contribution is 2.26. The number of allylic oxidation sites excluding steroid dienone is 2. The minimum Gasteiger partial charge on any atom is -0.508 e. The Morgan fingerprint density at radius 1 is 0.774 bits per heavy atom. The Labute approximate surface area is 184 Å². The highest BCUT2D eigenvalue weighted by Gasteiger charge is 2.00. The van der Waals surface area contributed by atoms with Crippen molar-refractivity contribution in [3.05, 3.63) is 115 Å². The molecule has 3 aromatic carbocycles. The zero-order chi connectivity index (χ0) is 23.1. The molecule has 0 heterocycles. The maximum atomic E-state index is 9.25. The lowest BCUT2D eigenvalue weighted by Gasteiger charge is -2.04. The number of aromatic hydroxyl groups is 3. The van der Waals surface area contributed by atoms with E-state index >= 15 is 0 Å². The molecule has 4 nitrogen and oxygen atoms in total. The zero-order valence-electron chi connectivity index (χ0n) is 17.9. The molecule has 0 radical (unpaired) electrons. The van der Waals surface area contributed by atoms with E-state index in [2.05, 4.69) is 19.7 Å². The van der Waals surface area contributed by atoms with Crippen molar-refractivity contribution in [2.24, 2.45) is 0 Å². The second kappa shape index (κ2) is 14.1. The van der Waals surface area contributed by atoms with Crippen molar-refractivity contribution in [1.29, 1.82) is 0 Å². The molecule has 0 aromatic heterocycles. The second-order valence-electron chi connectivity index (χ2n) is 6.42. The number of methoxy groups -OCH3 is 1. The molecular formula is C27H30O4.